The molecule has 0 aliphatic heterocycles. The van der Waals surface area contributed by atoms with Gasteiger partial charge in [0.25, 0.3) is 5.91 Å². The Hall–Kier alpha value is -3.64. The van der Waals surface area contributed by atoms with Gasteiger partial charge in [-0.15, -0.1) is 0 Å². The van der Waals surface area contributed by atoms with Crippen molar-refractivity contribution >= 4 is 39.8 Å². The number of hydrogen-bond donors (Lipinski definition) is 2. The van der Waals surface area contributed by atoms with Gasteiger partial charge in [-0.3, -0.25) is 9.78 Å². The van der Waals surface area contributed by atoms with Gasteiger partial charge < -0.3 is 15.8 Å². The third-order valence-corrected chi connectivity index (χ3v) is 4.88. The van der Waals surface area contributed by atoms with Crippen molar-refractivity contribution in [2.24, 2.45) is 0 Å². The maximum Gasteiger partial charge on any atom is 0.255 e. The normalized spacial score (nSPS) is 11.8. The Morgan fingerprint density at radius 2 is 1.97 bits per heavy atom. The molecule has 0 bridgehead atoms. The predicted octanol–water partition coefficient (Wildman–Crippen LogP) is 5.26. The maximum atomic E-state index is 12.7. The summed E-state index contributed by atoms with van der Waals surface area (Å²) >= 11 is 5.97. The molecule has 0 unspecified atom stereocenters. The van der Waals surface area contributed by atoms with E-state index in [9.17, 15) is 4.79 Å². The second-order valence-corrected chi connectivity index (χ2v) is 7.25. The van der Waals surface area contributed by atoms with Crippen LogP contribution in [0.15, 0.2) is 73.2 Å². The van der Waals surface area contributed by atoms with E-state index in [2.05, 4.69) is 15.3 Å². The van der Waals surface area contributed by atoms with Gasteiger partial charge in [0.05, 0.1) is 5.02 Å². The number of amides is 1. The lowest BCUT2D eigenvalue weighted by Gasteiger charge is -2.17. The minimum Gasteiger partial charge on any atom is -0.482 e. The zero-order valence-corrected chi connectivity index (χ0v) is 16.9. The first kappa shape index (κ1) is 19.7. The van der Waals surface area contributed by atoms with Gasteiger partial charge in [0, 0.05) is 41.3 Å². The molecule has 4 rings (SSSR count). The SMILES string of the molecule is C[C@@H](Oc1cc(Cl)cnc1N)c1cccc(NC(=O)c2ccc3cnccc3c2)c1. The average molecular weight is 419 g/mol. The standard InChI is InChI=1S/C23H19ClN4O2/c1-14(30-21-11-19(24)13-27-22(21)25)15-3-2-4-20(10-15)28-23(29)17-5-6-18-12-26-8-7-16(18)9-17/h2-14H,1H3,(H2,25,27)(H,28,29)/t14-/m1/s1. The number of nitrogens with zero attached hydrogens (tertiary/aromatic N) is 2. The molecule has 1 atom stereocenters. The lowest BCUT2D eigenvalue weighted by Crippen LogP contribution is -2.12. The number of rotatable bonds is 5. The predicted molar refractivity (Wildman–Crippen MR) is 119 cm³/mol. The molecule has 1 amide bonds. The van der Waals surface area contributed by atoms with E-state index in [0.29, 0.717) is 22.0 Å². The first-order valence-corrected chi connectivity index (χ1v) is 9.70. The van der Waals surface area contributed by atoms with Gasteiger partial charge in [-0.25, -0.2) is 4.98 Å². The monoisotopic (exact) mass is 418 g/mol. The summed E-state index contributed by atoms with van der Waals surface area (Å²) in [5.74, 6) is 0.486. The summed E-state index contributed by atoms with van der Waals surface area (Å²) in [5, 5.41) is 5.32. The number of carbonyl (C=O) groups is 1. The quantitative estimate of drug-likeness (QED) is 0.461. The molecule has 2 aromatic carbocycles. The minimum absolute atomic E-state index is 0.192. The van der Waals surface area contributed by atoms with Crippen molar-refractivity contribution in [1.82, 2.24) is 9.97 Å². The van der Waals surface area contributed by atoms with Crippen molar-refractivity contribution in [3.05, 3.63) is 89.3 Å². The van der Waals surface area contributed by atoms with Crippen molar-refractivity contribution in [2.75, 3.05) is 11.1 Å². The van der Waals surface area contributed by atoms with E-state index in [1.807, 2.05) is 49.4 Å². The van der Waals surface area contributed by atoms with Gasteiger partial charge in [0.1, 0.15) is 6.10 Å². The molecule has 0 aliphatic carbocycles. The highest BCUT2D eigenvalue weighted by molar-refractivity contribution is 6.30. The Kier molecular flexibility index (Phi) is 5.50. The number of hydrogen-bond acceptors (Lipinski definition) is 5. The number of nitrogen functional groups attached to an aromatic ring is 1. The number of carbonyl (C=O) groups excluding carboxylic acids is 1. The van der Waals surface area contributed by atoms with E-state index in [1.165, 1.54) is 6.20 Å². The van der Waals surface area contributed by atoms with Crippen molar-refractivity contribution in [1.29, 1.82) is 0 Å². The molecule has 0 saturated carbocycles. The Morgan fingerprint density at radius 1 is 1.10 bits per heavy atom. The third-order valence-electron chi connectivity index (χ3n) is 4.67. The summed E-state index contributed by atoms with van der Waals surface area (Å²) in [5.41, 5.74) is 7.97. The molecule has 2 heterocycles. The van der Waals surface area contributed by atoms with E-state index in [4.69, 9.17) is 22.1 Å². The molecular weight excluding hydrogens is 400 g/mol. The van der Waals surface area contributed by atoms with Crippen LogP contribution in [0.1, 0.15) is 28.9 Å². The number of nitrogens with one attached hydrogen (secondary N) is 1. The number of fused-ring (bicyclic) bond motifs is 1. The Labute approximate surface area is 178 Å². The zero-order chi connectivity index (χ0) is 21.1. The Morgan fingerprint density at radius 3 is 2.83 bits per heavy atom. The Bertz CT molecular complexity index is 1230. The summed E-state index contributed by atoms with van der Waals surface area (Å²) in [6.45, 7) is 1.89. The van der Waals surface area contributed by atoms with Crippen LogP contribution in [-0.2, 0) is 0 Å². The van der Waals surface area contributed by atoms with Crippen LogP contribution in [0, 0.1) is 0 Å². The van der Waals surface area contributed by atoms with Crippen molar-refractivity contribution in [3.63, 3.8) is 0 Å². The van der Waals surface area contributed by atoms with Crippen LogP contribution in [0.25, 0.3) is 10.8 Å². The fraction of sp³-hybridized carbons (Fsp3) is 0.0870. The molecule has 4 aromatic rings. The van der Waals surface area contributed by atoms with Crippen LogP contribution in [0.5, 0.6) is 5.75 Å². The van der Waals surface area contributed by atoms with E-state index < -0.39 is 0 Å². The largest absolute Gasteiger partial charge is 0.482 e. The molecule has 3 N–H and O–H groups in total. The lowest BCUT2D eigenvalue weighted by molar-refractivity contribution is 0.102. The third kappa shape index (κ3) is 4.34. The number of aromatic nitrogens is 2. The number of halogens is 1. The molecule has 30 heavy (non-hydrogen) atoms. The molecule has 0 spiro atoms. The summed E-state index contributed by atoms with van der Waals surface area (Å²) in [7, 11) is 0. The second kappa shape index (κ2) is 8.39. The van der Waals surface area contributed by atoms with Crippen LogP contribution in [0.3, 0.4) is 0 Å². The lowest BCUT2D eigenvalue weighted by atomic mass is 10.1. The van der Waals surface area contributed by atoms with Crippen molar-refractivity contribution in [2.45, 2.75) is 13.0 Å². The molecular formula is C23H19ClN4O2. The van der Waals surface area contributed by atoms with Crippen LogP contribution in [0.2, 0.25) is 5.02 Å². The van der Waals surface area contributed by atoms with Crippen molar-refractivity contribution < 1.29 is 9.53 Å². The van der Waals surface area contributed by atoms with Crippen LogP contribution in [0.4, 0.5) is 11.5 Å². The van der Waals surface area contributed by atoms with Gasteiger partial charge in [0.15, 0.2) is 11.6 Å². The Balaban J connectivity index is 1.50. The second-order valence-electron chi connectivity index (χ2n) is 6.81. The average Bonchev–Trinajstić information content (AvgIpc) is 2.76. The summed E-state index contributed by atoms with van der Waals surface area (Å²) in [6, 6.07) is 16.5. The first-order valence-electron chi connectivity index (χ1n) is 9.32. The van der Waals surface area contributed by atoms with E-state index >= 15 is 0 Å². The van der Waals surface area contributed by atoms with Gasteiger partial charge in [-0.2, -0.15) is 0 Å². The molecule has 0 saturated heterocycles. The zero-order valence-electron chi connectivity index (χ0n) is 16.2. The van der Waals surface area contributed by atoms with E-state index in [-0.39, 0.29) is 17.8 Å². The number of anilines is 2. The molecule has 0 fully saturated rings. The smallest absolute Gasteiger partial charge is 0.255 e. The fourth-order valence-corrected chi connectivity index (χ4v) is 3.23. The molecule has 0 radical (unpaired) electrons. The first-order chi connectivity index (χ1) is 14.5. The minimum atomic E-state index is -0.322. The molecule has 150 valence electrons. The highest BCUT2D eigenvalue weighted by Crippen LogP contribution is 2.29. The van der Waals surface area contributed by atoms with Crippen LogP contribution < -0.4 is 15.8 Å². The van der Waals surface area contributed by atoms with Crippen LogP contribution in [-0.4, -0.2) is 15.9 Å². The highest BCUT2D eigenvalue weighted by atomic mass is 35.5. The summed E-state index contributed by atoms with van der Waals surface area (Å²) in [6.07, 6.45) is 4.62. The van der Waals surface area contributed by atoms with Gasteiger partial charge in [-0.05, 0) is 48.2 Å². The number of pyridine rings is 2. The molecule has 2 aromatic heterocycles. The number of ether oxygens (including phenoxy) is 1. The fourth-order valence-electron chi connectivity index (χ4n) is 3.08. The maximum absolute atomic E-state index is 12.7. The summed E-state index contributed by atoms with van der Waals surface area (Å²) in [4.78, 5) is 20.8. The van der Waals surface area contributed by atoms with Crippen LogP contribution >= 0.6 is 11.6 Å². The summed E-state index contributed by atoms with van der Waals surface area (Å²) < 4.78 is 5.91. The van der Waals surface area contributed by atoms with Crippen molar-refractivity contribution in [3.8, 4) is 5.75 Å². The van der Waals surface area contributed by atoms with Gasteiger partial charge in [0.2, 0.25) is 0 Å². The van der Waals surface area contributed by atoms with Gasteiger partial charge >= 0.3 is 0 Å². The van der Waals surface area contributed by atoms with E-state index in [0.717, 1.165) is 16.3 Å². The number of benzene rings is 2. The molecule has 7 heteroatoms. The van der Waals surface area contributed by atoms with Gasteiger partial charge in [-0.1, -0.05) is 29.8 Å². The molecule has 6 nitrogen and oxygen atoms in total. The number of nitrogens with two attached hydrogens (primary N) is 1. The molecule has 0 aliphatic rings. The van der Waals surface area contributed by atoms with E-state index in [1.54, 1.807) is 24.5 Å². The highest BCUT2D eigenvalue weighted by Gasteiger charge is 2.13. The topological polar surface area (TPSA) is 90.1 Å².